The van der Waals surface area contributed by atoms with Gasteiger partial charge in [-0.1, -0.05) is 25.0 Å². The second kappa shape index (κ2) is 4.22. The largest absolute Gasteiger partial charge is 0.254 e. The maximum Gasteiger partial charge on any atom is 0.139 e. The second-order valence-corrected chi connectivity index (χ2v) is 5.25. The van der Waals surface area contributed by atoms with E-state index >= 15 is 0 Å². The molecular formula is C11H13FOS. The third-order valence-electron chi connectivity index (χ3n) is 2.49. The van der Waals surface area contributed by atoms with Crippen LogP contribution in [-0.4, -0.2) is 9.96 Å². The van der Waals surface area contributed by atoms with Crippen molar-refractivity contribution in [1.29, 1.82) is 0 Å². The summed E-state index contributed by atoms with van der Waals surface area (Å²) in [6.07, 6.45) is 3.49. The van der Waals surface area contributed by atoms with Crippen LogP contribution >= 0.6 is 0 Å². The minimum absolute atomic E-state index is 0.346. The van der Waals surface area contributed by atoms with E-state index in [1.54, 1.807) is 18.2 Å². The van der Waals surface area contributed by atoms with E-state index in [0.717, 1.165) is 12.3 Å². The third-order valence-corrected chi connectivity index (χ3v) is 3.92. The average Bonchev–Trinajstić information content (AvgIpc) is 2.98. The molecule has 1 atom stereocenters. The van der Waals surface area contributed by atoms with Crippen LogP contribution in [0.2, 0.25) is 0 Å². The van der Waals surface area contributed by atoms with E-state index in [9.17, 15) is 8.60 Å². The molecule has 0 amide bonds. The van der Waals surface area contributed by atoms with Gasteiger partial charge in [-0.05, 0) is 24.5 Å². The molecule has 1 fully saturated rings. The molecule has 0 heterocycles. The van der Waals surface area contributed by atoms with E-state index in [1.165, 1.54) is 18.9 Å². The molecule has 0 N–H and O–H groups in total. The molecule has 2 rings (SSSR count). The summed E-state index contributed by atoms with van der Waals surface area (Å²) in [7, 11) is -1.15. The van der Waals surface area contributed by atoms with Gasteiger partial charge >= 0.3 is 0 Å². The first-order valence-electron chi connectivity index (χ1n) is 4.90. The number of hydrogen-bond donors (Lipinski definition) is 0. The van der Waals surface area contributed by atoms with Gasteiger partial charge < -0.3 is 0 Å². The molecule has 0 spiro atoms. The van der Waals surface area contributed by atoms with Crippen LogP contribution in [0, 0.1) is 11.7 Å². The van der Waals surface area contributed by atoms with Crippen molar-refractivity contribution in [2.75, 3.05) is 5.75 Å². The first-order valence-corrected chi connectivity index (χ1v) is 6.22. The Bertz CT molecular complexity index is 347. The molecule has 1 aliphatic carbocycles. The van der Waals surface area contributed by atoms with Gasteiger partial charge in [-0.15, -0.1) is 0 Å². The predicted molar refractivity (Wildman–Crippen MR) is 55.0 cm³/mol. The van der Waals surface area contributed by atoms with Gasteiger partial charge in [0.2, 0.25) is 0 Å². The molecule has 0 saturated heterocycles. The number of rotatable bonds is 4. The highest BCUT2D eigenvalue weighted by atomic mass is 32.2. The number of halogens is 1. The lowest BCUT2D eigenvalue weighted by Crippen LogP contribution is -2.01. The zero-order chi connectivity index (χ0) is 9.97. The molecule has 0 bridgehead atoms. The predicted octanol–water partition coefficient (Wildman–Crippen LogP) is 2.73. The Morgan fingerprint density at radius 3 is 2.71 bits per heavy atom. The van der Waals surface area contributed by atoms with Gasteiger partial charge in [0.15, 0.2) is 0 Å². The lowest BCUT2D eigenvalue weighted by atomic mass is 10.3. The van der Waals surface area contributed by atoms with E-state index in [1.807, 2.05) is 0 Å². The molecule has 14 heavy (non-hydrogen) atoms. The van der Waals surface area contributed by atoms with E-state index in [2.05, 4.69) is 0 Å². The summed E-state index contributed by atoms with van der Waals surface area (Å²) in [5.74, 6) is 1.01. The van der Waals surface area contributed by atoms with Crippen LogP contribution in [0.4, 0.5) is 4.39 Å². The minimum atomic E-state index is -1.15. The molecule has 76 valence electrons. The summed E-state index contributed by atoms with van der Waals surface area (Å²) in [5, 5.41) is 0. The number of hydrogen-bond acceptors (Lipinski definition) is 1. The first kappa shape index (κ1) is 9.84. The summed E-state index contributed by atoms with van der Waals surface area (Å²) >= 11 is 0. The second-order valence-electron chi connectivity index (χ2n) is 3.71. The van der Waals surface area contributed by atoms with Gasteiger partial charge in [0.1, 0.15) is 5.82 Å². The SMILES string of the molecule is O=S(CCC1CC1)c1ccccc1F. The monoisotopic (exact) mass is 212 g/mol. The molecule has 1 aromatic rings. The van der Waals surface area contributed by atoms with Gasteiger partial charge in [0, 0.05) is 5.75 Å². The zero-order valence-corrected chi connectivity index (χ0v) is 8.73. The number of benzene rings is 1. The van der Waals surface area contributed by atoms with Gasteiger partial charge in [0.25, 0.3) is 0 Å². The standard InChI is InChI=1S/C11H13FOS/c12-10-3-1-2-4-11(10)14(13)8-7-9-5-6-9/h1-4,9H,5-8H2. The van der Waals surface area contributed by atoms with Crippen molar-refractivity contribution in [2.45, 2.75) is 24.2 Å². The van der Waals surface area contributed by atoms with E-state index in [4.69, 9.17) is 0 Å². The lowest BCUT2D eigenvalue weighted by molar-refractivity contribution is 0.594. The van der Waals surface area contributed by atoms with E-state index in [-0.39, 0.29) is 5.82 Å². The summed E-state index contributed by atoms with van der Waals surface area (Å²) < 4.78 is 24.9. The van der Waals surface area contributed by atoms with Crippen molar-refractivity contribution in [3.8, 4) is 0 Å². The fraction of sp³-hybridized carbons (Fsp3) is 0.455. The van der Waals surface area contributed by atoms with Crippen molar-refractivity contribution >= 4 is 10.8 Å². The summed E-state index contributed by atoms with van der Waals surface area (Å²) in [6.45, 7) is 0. The van der Waals surface area contributed by atoms with Crippen molar-refractivity contribution < 1.29 is 8.60 Å². The molecule has 1 saturated carbocycles. The van der Waals surface area contributed by atoms with Crippen LogP contribution < -0.4 is 0 Å². The smallest absolute Gasteiger partial charge is 0.139 e. The van der Waals surface area contributed by atoms with Crippen molar-refractivity contribution in [2.24, 2.45) is 5.92 Å². The Balaban J connectivity index is 1.98. The van der Waals surface area contributed by atoms with Gasteiger partial charge in [0.05, 0.1) is 15.7 Å². The van der Waals surface area contributed by atoms with Gasteiger partial charge in [-0.3, -0.25) is 4.21 Å². The fourth-order valence-corrected chi connectivity index (χ4v) is 2.70. The van der Waals surface area contributed by atoms with Crippen LogP contribution in [0.25, 0.3) is 0 Å². The lowest BCUT2D eigenvalue weighted by Gasteiger charge is -2.02. The van der Waals surface area contributed by atoms with Crippen LogP contribution in [0.3, 0.4) is 0 Å². The summed E-state index contributed by atoms with van der Waals surface area (Å²) in [6, 6.07) is 6.33. The molecule has 1 unspecified atom stereocenters. The molecule has 1 aromatic carbocycles. The van der Waals surface area contributed by atoms with Crippen LogP contribution in [0.15, 0.2) is 29.2 Å². The molecule has 0 radical (unpaired) electrons. The molecule has 1 nitrogen and oxygen atoms in total. The maximum absolute atomic E-state index is 13.2. The summed E-state index contributed by atoms with van der Waals surface area (Å²) in [4.78, 5) is 0.355. The quantitative estimate of drug-likeness (QED) is 0.750. The normalized spacial score (nSPS) is 18.1. The van der Waals surface area contributed by atoms with E-state index in [0.29, 0.717) is 10.6 Å². The molecule has 0 aromatic heterocycles. The topological polar surface area (TPSA) is 17.1 Å². The van der Waals surface area contributed by atoms with Gasteiger partial charge in [-0.2, -0.15) is 0 Å². The summed E-state index contributed by atoms with van der Waals surface area (Å²) in [5.41, 5.74) is 0. The fourth-order valence-electron chi connectivity index (χ4n) is 1.42. The van der Waals surface area contributed by atoms with Crippen LogP contribution in [-0.2, 0) is 10.8 Å². The highest BCUT2D eigenvalue weighted by Crippen LogP contribution is 2.32. The minimum Gasteiger partial charge on any atom is -0.254 e. The molecule has 3 heteroatoms. The average molecular weight is 212 g/mol. The maximum atomic E-state index is 13.2. The Kier molecular flexibility index (Phi) is 2.96. The van der Waals surface area contributed by atoms with Crippen LogP contribution in [0.5, 0.6) is 0 Å². The third kappa shape index (κ3) is 2.41. The molecule has 0 aliphatic heterocycles. The van der Waals surface area contributed by atoms with Crippen molar-refractivity contribution in [3.05, 3.63) is 30.1 Å². The van der Waals surface area contributed by atoms with Crippen LogP contribution in [0.1, 0.15) is 19.3 Å². The first-order chi connectivity index (χ1) is 6.77. The highest BCUT2D eigenvalue weighted by Gasteiger charge is 2.22. The van der Waals surface area contributed by atoms with Crippen molar-refractivity contribution in [3.63, 3.8) is 0 Å². The van der Waals surface area contributed by atoms with E-state index < -0.39 is 10.8 Å². The van der Waals surface area contributed by atoms with Crippen molar-refractivity contribution in [1.82, 2.24) is 0 Å². The highest BCUT2D eigenvalue weighted by molar-refractivity contribution is 7.85. The van der Waals surface area contributed by atoms with Gasteiger partial charge in [-0.25, -0.2) is 4.39 Å². The zero-order valence-electron chi connectivity index (χ0n) is 7.91. The molecule has 1 aliphatic rings. The molecular weight excluding hydrogens is 199 g/mol. The Labute approximate surface area is 85.8 Å². The Hall–Kier alpha value is -0.700. The Morgan fingerprint density at radius 1 is 1.36 bits per heavy atom. The Morgan fingerprint density at radius 2 is 2.07 bits per heavy atom.